The lowest BCUT2D eigenvalue weighted by Crippen LogP contribution is -2.12. The second-order valence-electron chi connectivity index (χ2n) is 4.32. The molecule has 0 fully saturated rings. The monoisotopic (exact) mass is 300 g/mol. The maximum atomic E-state index is 11.0. The molecule has 7 nitrogen and oxygen atoms in total. The van der Waals surface area contributed by atoms with Crippen molar-refractivity contribution in [3.63, 3.8) is 0 Å². The van der Waals surface area contributed by atoms with E-state index < -0.39 is 0 Å². The molecule has 3 rings (SSSR count). The Bertz CT molecular complexity index is 686. The lowest BCUT2D eigenvalue weighted by atomic mass is 10.2. The highest BCUT2D eigenvalue weighted by molar-refractivity contribution is 7.13. The van der Waals surface area contributed by atoms with Crippen LogP contribution in [0.2, 0.25) is 0 Å². The Kier molecular flexibility index (Phi) is 3.69. The predicted octanol–water partition coefficient (Wildman–Crippen LogP) is 1.20. The van der Waals surface area contributed by atoms with E-state index in [-0.39, 0.29) is 12.3 Å². The third kappa shape index (κ3) is 3.11. The minimum absolute atomic E-state index is 0.248. The van der Waals surface area contributed by atoms with E-state index in [4.69, 9.17) is 5.73 Å². The molecule has 0 radical (unpaired) electrons. The Morgan fingerprint density at radius 3 is 2.95 bits per heavy atom. The molecule has 3 aromatic rings. The zero-order chi connectivity index (χ0) is 14.7. The lowest BCUT2D eigenvalue weighted by Gasteiger charge is -2.06. The first kappa shape index (κ1) is 13.4. The molecule has 0 aliphatic rings. The Morgan fingerprint density at radius 2 is 2.29 bits per heavy atom. The highest BCUT2D eigenvalue weighted by Gasteiger charge is 2.10. The van der Waals surface area contributed by atoms with Crippen molar-refractivity contribution in [2.45, 2.75) is 12.8 Å². The molecule has 0 saturated carbocycles. The maximum absolute atomic E-state index is 11.0. The van der Waals surface area contributed by atoms with E-state index in [1.54, 1.807) is 28.4 Å². The average molecular weight is 300 g/mol. The molecular weight excluding hydrogens is 288 g/mol. The maximum Gasteiger partial charge on any atom is 0.217 e. The van der Waals surface area contributed by atoms with Crippen LogP contribution in [0, 0.1) is 0 Å². The molecule has 0 bridgehead atoms. The summed E-state index contributed by atoms with van der Waals surface area (Å²) in [7, 11) is 0. The van der Waals surface area contributed by atoms with E-state index in [0.29, 0.717) is 18.1 Å². The lowest BCUT2D eigenvalue weighted by molar-refractivity contribution is -0.118. The van der Waals surface area contributed by atoms with E-state index in [2.05, 4.69) is 20.1 Å². The Balaban J connectivity index is 2.02. The van der Waals surface area contributed by atoms with Crippen LogP contribution in [0.3, 0.4) is 0 Å². The third-order valence-electron chi connectivity index (χ3n) is 2.79. The van der Waals surface area contributed by atoms with E-state index in [1.165, 1.54) is 6.33 Å². The second kappa shape index (κ2) is 5.80. The minimum Gasteiger partial charge on any atom is -0.370 e. The predicted molar refractivity (Wildman–Crippen MR) is 77.8 cm³/mol. The van der Waals surface area contributed by atoms with Crippen molar-refractivity contribution >= 4 is 17.2 Å². The van der Waals surface area contributed by atoms with Crippen molar-refractivity contribution in [2.75, 3.05) is 0 Å². The molecule has 21 heavy (non-hydrogen) atoms. The van der Waals surface area contributed by atoms with Gasteiger partial charge in [0.15, 0.2) is 11.6 Å². The van der Waals surface area contributed by atoms with E-state index >= 15 is 0 Å². The van der Waals surface area contributed by atoms with Crippen LogP contribution in [-0.4, -0.2) is 30.6 Å². The number of nitrogens with zero attached hydrogens (tertiary/aromatic N) is 5. The third-order valence-corrected chi connectivity index (χ3v) is 3.65. The molecular formula is C13H12N6OS. The van der Waals surface area contributed by atoms with Gasteiger partial charge in [-0.05, 0) is 17.9 Å². The summed E-state index contributed by atoms with van der Waals surface area (Å²) in [6, 6.07) is 5.67. The zero-order valence-corrected chi connectivity index (χ0v) is 11.8. The number of thiophene rings is 1. The van der Waals surface area contributed by atoms with Crippen LogP contribution in [-0.2, 0) is 11.2 Å². The molecule has 0 unspecified atom stereocenters. The van der Waals surface area contributed by atoms with Gasteiger partial charge in [0, 0.05) is 18.2 Å². The molecule has 0 spiro atoms. The average Bonchev–Trinajstić information content (AvgIpc) is 3.17. The molecule has 1 amide bonds. The van der Waals surface area contributed by atoms with Gasteiger partial charge in [0.1, 0.15) is 12.7 Å². The largest absolute Gasteiger partial charge is 0.370 e. The summed E-state index contributed by atoms with van der Waals surface area (Å²) in [5.74, 6) is 0.872. The summed E-state index contributed by atoms with van der Waals surface area (Å²) < 4.78 is 1.56. The highest BCUT2D eigenvalue weighted by atomic mass is 32.1. The van der Waals surface area contributed by atoms with E-state index in [9.17, 15) is 4.79 Å². The van der Waals surface area contributed by atoms with Crippen LogP contribution < -0.4 is 5.73 Å². The molecule has 0 saturated heterocycles. The first-order valence-electron chi connectivity index (χ1n) is 6.27. The number of aromatic nitrogens is 5. The summed E-state index contributed by atoms with van der Waals surface area (Å²) in [6.07, 6.45) is 3.73. The smallest absolute Gasteiger partial charge is 0.217 e. The minimum atomic E-state index is -0.353. The summed E-state index contributed by atoms with van der Waals surface area (Å²) in [5.41, 5.74) is 5.95. The van der Waals surface area contributed by atoms with E-state index in [1.807, 2.05) is 17.5 Å². The number of primary amides is 1. The number of aryl methyl sites for hydroxylation is 1. The van der Waals surface area contributed by atoms with Crippen molar-refractivity contribution in [3.8, 4) is 16.5 Å². The second-order valence-corrected chi connectivity index (χ2v) is 5.27. The molecule has 0 aliphatic carbocycles. The van der Waals surface area contributed by atoms with Crippen LogP contribution in [0.5, 0.6) is 0 Å². The molecule has 3 aromatic heterocycles. The number of carbonyl (C=O) groups excluding carboxylic acids is 1. The Morgan fingerprint density at radius 1 is 1.38 bits per heavy atom. The fourth-order valence-electron chi connectivity index (χ4n) is 1.82. The van der Waals surface area contributed by atoms with Crippen LogP contribution >= 0.6 is 11.3 Å². The molecule has 0 aliphatic heterocycles. The van der Waals surface area contributed by atoms with Gasteiger partial charge in [0.05, 0.1) is 4.88 Å². The van der Waals surface area contributed by atoms with Gasteiger partial charge in [0.2, 0.25) is 5.91 Å². The Labute approximate surface area is 124 Å². The van der Waals surface area contributed by atoms with Gasteiger partial charge in [0.25, 0.3) is 0 Å². The van der Waals surface area contributed by atoms with Crippen molar-refractivity contribution in [1.29, 1.82) is 0 Å². The van der Waals surface area contributed by atoms with Gasteiger partial charge in [-0.3, -0.25) is 4.79 Å². The van der Waals surface area contributed by atoms with Crippen molar-refractivity contribution < 1.29 is 4.79 Å². The molecule has 3 heterocycles. The topological polar surface area (TPSA) is 99.6 Å². The van der Waals surface area contributed by atoms with Crippen LogP contribution in [0.15, 0.2) is 36.2 Å². The van der Waals surface area contributed by atoms with Crippen molar-refractivity contribution in [1.82, 2.24) is 24.7 Å². The summed E-state index contributed by atoms with van der Waals surface area (Å²) in [5, 5.41) is 6.03. The number of carbonyl (C=O) groups is 1. The van der Waals surface area contributed by atoms with Gasteiger partial charge in [-0.25, -0.2) is 19.6 Å². The van der Waals surface area contributed by atoms with Crippen molar-refractivity contribution in [3.05, 3.63) is 41.9 Å². The van der Waals surface area contributed by atoms with Gasteiger partial charge >= 0.3 is 0 Å². The first-order chi connectivity index (χ1) is 10.2. The highest BCUT2D eigenvalue weighted by Crippen LogP contribution is 2.22. The van der Waals surface area contributed by atoms with Crippen LogP contribution in [0.25, 0.3) is 16.5 Å². The Hall–Kier alpha value is -2.61. The fraction of sp³-hybridized carbons (Fsp3) is 0.154. The standard InChI is InChI=1S/C13H12N6OS/c14-11(20)4-3-9-6-12(19-8-15-7-16-19)18-13(17-9)10-2-1-5-21-10/h1-2,5-8H,3-4H2,(H2,14,20). The van der Waals surface area contributed by atoms with Crippen LogP contribution in [0.4, 0.5) is 0 Å². The molecule has 106 valence electrons. The quantitative estimate of drug-likeness (QED) is 0.763. The van der Waals surface area contributed by atoms with E-state index in [0.717, 1.165) is 10.6 Å². The van der Waals surface area contributed by atoms with Gasteiger partial charge in [-0.1, -0.05) is 6.07 Å². The number of hydrogen-bond acceptors (Lipinski definition) is 6. The molecule has 8 heteroatoms. The number of hydrogen-bond donors (Lipinski definition) is 1. The molecule has 2 N–H and O–H groups in total. The number of amides is 1. The van der Waals surface area contributed by atoms with Gasteiger partial charge < -0.3 is 5.73 Å². The summed E-state index contributed by atoms with van der Waals surface area (Å²) in [4.78, 5) is 24.8. The number of nitrogens with two attached hydrogens (primary N) is 1. The first-order valence-corrected chi connectivity index (χ1v) is 7.15. The zero-order valence-electron chi connectivity index (χ0n) is 11.0. The molecule has 0 atom stereocenters. The SMILES string of the molecule is NC(=O)CCc1cc(-n2cncn2)nc(-c2cccs2)n1. The van der Waals surface area contributed by atoms with Crippen LogP contribution in [0.1, 0.15) is 12.1 Å². The number of rotatable bonds is 5. The van der Waals surface area contributed by atoms with Gasteiger partial charge in [-0.2, -0.15) is 5.10 Å². The van der Waals surface area contributed by atoms with Crippen molar-refractivity contribution in [2.24, 2.45) is 5.73 Å². The summed E-state index contributed by atoms with van der Waals surface area (Å²) >= 11 is 1.55. The summed E-state index contributed by atoms with van der Waals surface area (Å²) in [6.45, 7) is 0. The normalized spacial score (nSPS) is 10.7. The van der Waals surface area contributed by atoms with Gasteiger partial charge in [-0.15, -0.1) is 11.3 Å². The molecule has 0 aromatic carbocycles. The fourth-order valence-corrected chi connectivity index (χ4v) is 2.48.